The van der Waals surface area contributed by atoms with Crippen LogP contribution >= 0.6 is 15.9 Å². The molecule has 0 radical (unpaired) electrons. The van der Waals surface area contributed by atoms with Crippen molar-refractivity contribution in [2.45, 2.75) is 18.4 Å². The van der Waals surface area contributed by atoms with Gasteiger partial charge in [-0.15, -0.1) is 0 Å². The minimum Gasteiger partial charge on any atom is -0.496 e. The Morgan fingerprint density at radius 2 is 1.69 bits per heavy atom. The van der Waals surface area contributed by atoms with Crippen LogP contribution in [0.4, 0.5) is 5.69 Å². The number of methoxy groups -OCH3 is 1. The molecule has 1 amide bonds. The first-order chi connectivity index (χ1) is 15.2. The van der Waals surface area contributed by atoms with E-state index in [4.69, 9.17) is 4.74 Å². The molecule has 0 unspecified atom stereocenters. The SMILES string of the molecule is COc1ccccc1CN(C)C(=O)CN(c1cccc(Br)c1)S(=O)(=O)c1ccc(C)cc1. The lowest BCUT2D eigenvalue weighted by molar-refractivity contribution is -0.128. The van der Waals surface area contributed by atoms with E-state index in [9.17, 15) is 13.2 Å². The lowest BCUT2D eigenvalue weighted by Gasteiger charge is -2.27. The first kappa shape index (κ1) is 23.8. The summed E-state index contributed by atoms with van der Waals surface area (Å²) in [6.07, 6.45) is 0. The fourth-order valence-electron chi connectivity index (χ4n) is 3.20. The first-order valence-electron chi connectivity index (χ1n) is 9.93. The summed E-state index contributed by atoms with van der Waals surface area (Å²) in [5, 5.41) is 0. The second-order valence-electron chi connectivity index (χ2n) is 7.37. The van der Waals surface area contributed by atoms with Crippen LogP contribution in [-0.2, 0) is 21.4 Å². The lowest BCUT2D eigenvalue weighted by atomic mass is 10.2. The highest BCUT2D eigenvalue weighted by atomic mass is 79.9. The lowest BCUT2D eigenvalue weighted by Crippen LogP contribution is -2.41. The van der Waals surface area contributed by atoms with Gasteiger partial charge in [0.25, 0.3) is 10.0 Å². The minimum atomic E-state index is -3.96. The van der Waals surface area contributed by atoms with Gasteiger partial charge in [0.2, 0.25) is 5.91 Å². The van der Waals surface area contributed by atoms with Gasteiger partial charge in [-0.25, -0.2) is 8.42 Å². The number of aryl methyl sites for hydroxylation is 1. The number of anilines is 1. The molecule has 0 spiro atoms. The summed E-state index contributed by atoms with van der Waals surface area (Å²) < 4.78 is 34.2. The molecule has 0 fully saturated rings. The molecule has 0 aliphatic carbocycles. The number of carbonyl (C=O) groups excluding carboxylic acids is 1. The molecule has 3 aromatic carbocycles. The topological polar surface area (TPSA) is 66.9 Å². The van der Waals surface area contributed by atoms with Crippen LogP contribution in [0.2, 0.25) is 0 Å². The Morgan fingerprint density at radius 3 is 2.34 bits per heavy atom. The van der Waals surface area contributed by atoms with E-state index in [2.05, 4.69) is 15.9 Å². The number of likely N-dealkylation sites (N-methyl/N-ethyl adjacent to an activating group) is 1. The Morgan fingerprint density at radius 1 is 1.00 bits per heavy atom. The Bertz CT molecular complexity index is 1200. The molecule has 0 atom stereocenters. The maximum absolute atomic E-state index is 13.5. The third-order valence-corrected chi connectivity index (χ3v) is 7.29. The van der Waals surface area contributed by atoms with Crippen molar-refractivity contribution in [1.82, 2.24) is 4.90 Å². The van der Waals surface area contributed by atoms with Crippen LogP contribution in [0.1, 0.15) is 11.1 Å². The van der Waals surface area contributed by atoms with Crippen molar-refractivity contribution < 1.29 is 17.9 Å². The monoisotopic (exact) mass is 516 g/mol. The van der Waals surface area contributed by atoms with Gasteiger partial charge >= 0.3 is 0 Å². The van der Waals surface area contributed by atoms with Crippen LogP contribution in [-0.4, -0.2) is 39.9 Å². The number of amides is 1. The number of hydrogen-bond donors (Lipinski definition) is 0. The van der Waals surface area contributed by atoms with E-state index < -0.39 is 10.0 Å². The third-order valence-electron chi connectivity index (χ3n) is 5.01. The number of ether oxygens (including phenoxy) is 1. The maximum atomic E-state index is 13.5. The van der Waals surface area contributed by atoms with Gasteiger partial charge < -0.3 is 9.64 Å². The van der Waals surface area contributed by atoms with Gasteiger partial charge in [0.05, 0.1) is 17.7 Å². The molecule has 0 bridgehead atoms. The normalized spacial score (nSPS) is 11.1. The Labute approximate surface area is 197 Å². The molecule has 0 saturated heterocycles. The van der Waals surface area contributed by atoms with E-state index in [1.54, 1.807) is 62.7 Å². The van der Waals surface area contributed by atoms with Gasteiger partial charge in [0.1, 0.15) is 12.3 Å². The molecule has 8 heteroatoms. The number of para-hydroxylation sites is 1. The van der Waals surface area contributed by atoms with E-state index in [0.29, 0.717) is 22.5 Å². The number of halogens is 1. The number of hydrogen-bond acceptors (Lipinski definition) is 4. The van der Waals surface area contributed by atoms with Crippen molar-refractivity contribution in [3.63, 3.8) is 0 Å². The van der Waals surface area contributed by atoms with Gasteiger partial charge in [-0.3, -0.25) is 9.10 Å². The molecule has 168 valence electrons. The molecular weight excluding hydrogens is 492 g/mol. The summed E-state index contributed by atoms with van der Waals surface area (Å²) >= 11 is 3.39. The molecule has 6 nitrogen and oxygen atoms in total. The number of rotatable bonds is 8. The average Bonchev–Trinajstić information content (AvgIpc) is 2.77. The van der Waals surface area contributed by atoms with Crippen molar-refractivity contribution in [2.24, 2.45) is 0 Å². The zero-order chi connectivity index (χ0) is 23.3. The summed E-state index contributed by atoms with van der Waals surface area (Å²) in [6.45, 7) is 1.84. The average molecular weight is 517 g/mol. The molecule has 3 aromatic rings. The molecule has 0 heterocycles. The van der Waals surface area contributed by atoms with Crippen molar-refractivity contribution in [2.75, 3.05) is 25.0 Å². The zero-order valence-electron chi connectivity index (χ0n) is 18.2. The Balaban J connectivity index is 1.92. The second-order valence-corrected chi connectivity index (χ2v) is 10.1. The molecular formula is C24H25BrN2O4S. The first-order valence-corrected chi connectivity index (χ1v) is 12.2. The van der Waals surface area contributed by atoms with Crippen molar-refractivity contribution in [3.8, 4) is 5.75 Å². The quantitative estimate of drug-likeness (QED) is 0.438. The van der Waals surface area contributed by atoms with Crippen LogP contribution < -0.4 is 9.04 Å². The Kier molecular flexibility index (Phi) is 7.58. The van der Waals surface area contributed by atoms with Gasteiger partial charge in [-0.05, 0) is 43.3 Å². The van der Waals surface area contributed by atoms with Gasteiger partial charge in [-0.1, -0.05) is 57.9 Å². The van der Waals surface area contributed by atoms with E-state index in [0.717, 1.165) is 15.4 Å². The molecule has 3 rings (SSSR count). The van der Waals surface area contributed by atoms with E-state index in [1.807, 2.05) is 31.2 Å². The number of nitrogens with zero attached hydrogens (tertiary/aromatic N) is 2. The van der Waals surface area contributed by atoms with E-state index in [-0.39, 0.29) is 17.3 Å². The van der Waals surface area contributed by atoms with E-state index >= 15 is 0 Å². The zero-order valence-corrected chi connectivity index (χ0v) is 20.6. The van der Waals surface area contributed by atoms with Gasteiger partial charge in [0, 0.05) is 23.6 Å². The highest BCUT2D eigenvalue weighted by Crippen LogP contribution is 2.27. The van der Waals surface area contributed by atoms with E-state index in [1.165, 1.54) is 4.90 Å². The fourth-order valence-corrected chi connectivity index (χ4v) is 5.00. The van der Waals surface area contributed by atoms with Crippen molar-refractivity contribution >= 4 is 37.5 Å². The summed E-state index contributed by atoms with van der Waals surface area (Å²) in [4.78, 5) is 14.7. The summed E-state index contributed by atoms with van der Waals surface area (Å²) in [6, 6.07) is 20.9. The minimum absolute atomic E-state index is 0.128. The van der Waals surface area contributed by atoms with Gasteiger partial charge in [0.15, 0.2) is 0 Å². The summed E-state index contributed by atoms with van der Waals surface area (Å²) in [5.41, 5.74) is 2.19. The second kappa shape index (κ2) is 10.2. The Hall–Kier alpha value is -2.84. The number of carbonyl (C=O) groups is 1. The molecule has 0 aromatic heterocycles. The number of benzene rings is 3. The van der Waals surface area contributed by atoms with Crippen LogP contribution in [0.25, 0.3) is 0 Å². The maximum Gasteiger partial charge on any atom is 0.264 e. The summed E-state index contributed by atoms with van der Waals surface area (Å²) in [5.74, 6) is 0.329. The molecule has 32 heavy (non-hydrogen) atoms. The van der Waals surface area contributed by atoms with Crippen LogP contribution in [0.15, 0.2) is 82.2 Å². The van der Waals surface area contributed by atoms with Crippen LogP contribution in [0, 0.1) is 6.92 Å². The highest BCUT2D eigenvalue weighted by Gasteiger charge is 2.28. The largest absolute Gasteiger partial charge is 0.496 e. The molecule has 0 N–H and O–H groups in total. The fraction of sp³-hybridized carbons (Fsp3) is 0.208. The molecule has 0 saturated carbocycles. The van der Waals surface area contributed by atoms with Crippen LogP contribution in [0.3, 0.4) is 0 Å². The standard InChI is InChI=1S/C24H25BrN2O4S/c1-18-11-13-22(14-12-18)32(29,30)27(21-9-6-8-20(25)15-21)17-24(28)26(2)16-19-7-4-5-10-23(19)31-3/h4-15H,16-17H2,1-3H3. The number of sulfonamides is 1. The predicted molar refractivity (Wildman–Crippen MR) is 129 cm³/mol. The van der Waals surface area contributed by atoms with Crippen molar-refractivity contribution in [1.29, 1.82) is 0 Å². The summed E-state index contributed by atoms with van der Waals surface area (Å²) in [7, 11) is -0.743. The highest BCUT2D eigenvalue weighted by molar-refractivity contribution is 9.10. The van der Waals surface area contributed by atoms with Gasteiger partial charge in [-0.2, -0.15) is 0 Å². The molecule has 0 aliphatic rings. The predicted octanol–water partition coefficient (Wildman–Crippen LogP) is 4.62. The third kappa shape index (κ3) is 5.49. The smallest absolute Gasteiger partial charge is 0.264 e. The molecule has 0 aliphatic heterocycles. The van der Waals surface area contributed by atoms with Crippen molar-refractivity contribution in [3.05, 3.63) is 88.4 Å². The van der Waals surface area contributed by atoms with Crippen LogP contribution in [0.5, 0.6) is 5.75 Å².